The number of sulfonamides is 1. The predicted molar refractivity (Wildman–Crippen MR) is 93.9 cm³/mol. The molecule has 0 unspecified atom stereocenters. The van der Waals surface area contributed by atoms with Gasteiger partial charge in [0.2, 0.25) is 10.0 Å². The molecule has 0 aliphatic carbocycles. The topological polar surface area (TPSA) is 68.7 Å². The number of aromatic nitrogens is 1. The van der Waals surface area contributed by atoms with Gasteiger partial charge in [0.25, 0.3) is 0 Å². The van der Waals surface area contributed by atoms with Gasteiger partial charge in [-0.2, -0.15) is 4.31 Å². The first-order chi connectivity index (χ1) is 12.2. The maximum atomic E-state index is 12.9. The maximum Gasteiger partial charge on any atom is 0.244 e. The van der Waals surface area contributed by atoms with Crippen LogP contribution in [-0.4, -0.2) is 50.1 Å². The molecular weight excluding hydrogens is 340 g/mol. The Bertz CT molecular complexity index is 747. The summed E-state index contributed by atoms with van der Waals surface area (Å²) in [5.74, 6) is 0.721. The van der Waals surface area contributed by atoms with Gasteiger partial charge < -0.3 is 9.47 Å². The molecule has 25 heavy (non-hydrogen) atoms. The minimum Gasteiger partial charge on any atom is -0.492 e. The van der Waals surface area contributed by atoms with Crippen LogP contribution in [0.25, 0.3) is 0 Å². The van der Waals surface area contributed by atoms with Gasteiger partial charge in [-0.25, -0.2) is 8.42 Å². The molecule has 2 aromatic rings. The van der Waals surface area contributed by atoms with Gasteiger partial charge in [-0.1, -0.05) is 18.2 Å². The summed E-state index contributed by atoms with van der Waals surface area (Å²) in [6.07, 6.45) is 4.70. The molecule has 1 fully saturated rings. The number of nitrogens with zero attached hydrogens (tertiary/aromatic N) is 2. The summed E-state index contributed by atoms with van der Waals surface area (Å²) in [7, 11) is -3.63. The van der Waals surface area contributed by atoms with E-state index in [4.69, 9.17) is 9.47 Å². The van der Waals surface area contributed by atoms with Crippen LogP contribution >= 0.6 is 0 Å². The zero-order valence-corrected chi connectivity index (χ0v) is 14.8. The van der Waals surface area contributed by atoms with Gasteiger partial charge in [-0.15, -0.1) is 0 Å². The zero-order chi connectivity index (χ0) is 17.5. The SMILES string of the molecule is O=S(=O)(c1cccnc1)N(CCOc1ccccc1)C[C@H]1CCCO1. The Kier molecular flexibility index (Phi) is 6.01. The molecule has 0 amide bonds. The van der Waals surface area contributed by atoms with E-state index >= 15 is 0 Å². The third kappa shape index (κ3) is 4.78. The summed E-state index contributed by atoms with van der Waals surface area (Å²) in [5, 5.41) is 0. The Morgan fingerprint density at radius 3 is 2.72 bits per heavy atom. The van der Waals surface area contributed by atoms with Gasteiger partial charge in [0.15, 0.2) is 0 Å². The molecule has 0 radical (unpaired) electrons. The fourth-order valence-electron chi connectivity index (χ4n) is 2.76. The first kappa shape index (κ1) is 17.8. The summed E-state index contributed by atoms with van der Waals surface area (Å²) < 4.78 is 38.6. The molecule has 0 saturated carbocycles. The molecule has 134 valence electrons. The highest BCUT2D eigenvalue weighted by atomic mass is 32.2. The predicted octanol–water partition coefficient (Wildman–Crippen LogP) is 2.33. The van der Waals surface area contributed by atoms with Crippen LogP contribution in [-0.2, 0) is 14.8 Å². The van der Waals surface area contributed by atoms with Crippen LogP contribution < -0.4 is 4.74 Å². The maximum absolute atomic E-state index is 12.9. The third-order valence-corrected chi connectivity index (χ3v) is 5.90. The van der Waals surface area contributed by atoms with E-state index in [1.807, 2.05) is 30.3 Å². The molecule has 0 bridgehead atoms. The first-order valence-electron chi connectivity index (χ1n) is 8.36. The van der Waals surface area contributed by atoms with Crippen molar-refractivity contribution in [3.05, 3.63) is 54.9 Å². The van der Waals surface area contributed by atoms with Crippen molar-refractivity contribution in [3.8, 4) is 5.75 Å². The molecule has 1 saturated heterocycles. The van der Waals surface area contributed by atoms with Crippen molar-refractivity contribution < 1.29 is 17.9 Å². The molecule has 7 heteroatoms. The van der Waals surface area contributed by atoms with Crippen LogP contribution in [0.2, 0.25) is 0 Å². The monoisotopic (exact) mass is 362 g/mol. The molecular formula is C18H22N2O4S. The van der Waals surface area contributed by atoms with Crippen molar-refractivity contribution in [2.45, 2.75) is 23.8 Å². The summed E-state index contributed by atoms with van der Waals surface area (Å²) in [6.45, 7) is 1.55. The molecule has 1 aromatic heterocycles. The molecule has 3 rings (SSSR count). The minimum absolute atomic E-state index is 0.0665. The second kappa shape index (κ2) is 8.42. The average molecular weight is 362 g/mol. The van der Waals surface area contributed by atoms with Crippen molar-refractivity contribution in [1.29, 1.82) is 0 Å². The third-order valence-electron chi connectivity index (χ3n) is 4.06. The van der Waals surface area contributed by atoms with Crippen molar-refractivity contribution in [1.82, 2.24) is 9.29 Å². The standard InChI is InChI=1S/C18H22N2O4S/c21-25(22,18-9-4-10-19-14-18)20(15-17-8-5-12-23-17)11-13-24-16-6-2-1-3-7-16/h1-4,6-7,9-10,14,17H,5,8,11-13,15H2/t17-/m1/s1. The fraction of sp³-hybridized carbons (Fsp3) is 0.389. The lowest BCUT2D eigenvalue weighted by Gasteiger charge is -2.24. The van der Waals surface area contributed by atoms with Crippen molar-refractivity contribution >= 4 is 10.0 Å². The van der Waals surface area contributed by atoms with E-state index in [0.717, 1.165) is 18.6 Å². The van der Waals surface area contributed by atoms with Crippen molar-refractivity contribution in [2.75, 3.05) is 26.3 Å². The van der Waals surface area contributed by atoms with Crippen LogP contribution in [0.1, 0.15) is 12.8 Å². The van der Waals surface area contributed by atoms with Gasteiger partial charge in [0.05, 0.1) is 6.10 Å². The van der Waals surface area contributed by atoms with E-state index in [2.05, 4.69) is 4.98 Å². The lowest BCUT2D eigenvalue weighted by atomic mass is 10.2. The summed E-state index contributed by atoms with van der Waals surface area (Å²) in [5.41, 5.74) is 0. The Hall–Kier alpha value is -1.96. The molecule has 1 aliphatic rings. The number of para-hydroxylation sites is 1. The molecule has 1 aliphatic heterocycles. The molecule has 1 atom stereocenters. The second-order valence-corrected chi connectivity index (χ2v) is 7.79. The molecule has 1 aromatic carbocycles. The van der Waals surface area contributed by atoms with Crippen LogP contribution in [0, 0.1) is 0 Å². The van der Waals surface area contributed by atoms with E-state index < -0.39 is 10.0 Å². The smallest absolute Gasteiger partial charge is 0.244 e. The number of ether oxygens (including phenoxy) is 2. The number of pyridine rings is 1. The normalized spacial score (nSPS) is 17.7. The summed E-state index contributed by atoms with van der Waals surface area (Å²) >= 11 is 0. The van der Waals surface area contributed by atoms with E-state index in [9.17, 15) is 8.42 Å². The second-order valence-electron chi connectivity index (χ2n) is 5.85. The van der Waals surface area contributed by atoms with Crippen molar-refractivity contribution in [3.63, 3.8) is 0 Å². The van der Waals surface area contributed by atoms with Crippen LogP contribution in [0.3, 0.4) is 0 Å². The average Bonchev–Trinajstić information content (AvgIpc) is 3.16. The summed E-state index contributed by atoms with van der Waals surface area (Å²) in [6, 6.07) is 12.5. The zero-order valence-electron chi connectivity index (χ0n) is 14.0. The van der Waals surface area contributed by atoms with Gasteiger partial charge in [0.1, 0.15) is 17.3 Å². The number of benzene rings is 1. The van der Waals surface area contributed by atoms with E-state index in [1.165, 1.54) is 10.5 Å². The first-order valence-corrected chi connectivity index (χ1v) is 9.80. The highest BCUT2D eigenvalue weighted by Gasteiger charge is 2.29. The molecule has 2 heterocycles. The minimum atomic E-state index is -3.63. The van der Waals surface area contributed by atoms with E-state index in [1.54, 1.807) is 18.3 Å². The largest absolute Gasteiger partial charge is 0.492 e. The van der Waals surface area contributed by atoms with E-state index in [0.29, 0.717) is 13.2 Å². The van der Waals surface area contributed by atoms with Crippen LogP contribution in [0.15, 0.2) is 59.8 Å². The Morgan fingerprint density at radius 2 is 2.04 bits per heavy atom. The highest BCUT2D eigenvalue weighted by molar-refractivity contribution is 7.89. The van der Waals surface area contributed by atoms with Crippen LogP contribution in [0.4, 0.5) is 0 Å². The van der Waals surface area contributed by atoms with Gasteiger partial charge in [-0.05, 0) is 37.1 Å². The summed E-state index contributed by atoms with van der Waals surface area (Å²) in [4.78, 5) is 4.11. The molecule has 0 N–H and O–H groups in total. The Morgan fingerprint density at radius 1 is 1.20 bits per heavy atom. The Labute approximate surface area is 148 Å². The molecule has 6 nitrogen and oxygen atoms in total. The Balaban J connectivity index is 1.70. The van der Waals surface area contributed by atoms with Gasteiger partial charge in [-0.3, -0.25) is 4.98 Å². The molecule has 0 spiro atoms. The number of hydrogen-bond donors (Lipinski definition) is 0. The van der Waals surface area contributed by atoms with E-state index in [-0.39, 0.29) is 24.2 Å². The number of hydrogen-bond acceptors (Lipinski definition) is 5. The fourth-order valence-corrected chi connectivity index (χ4v) is 4.18. The van der Waals surface area contributed by atoms with Crippen LogP contribution in [0.5, 0.6) is 5.75 Å². The highest BCUT2D eigenvalue weighted by Crippen LogP contribution is 2.19. The van der Waals surface area contributed by atoms with Gasteiger partial charge in [0, 0.05) is 32.1 Å². The van der Waals surface area contributed by atoms with Crippen molar-refractivity contribution in [2.24, 2.45) is 0 Å². The lowest BCUT2D eigenvalue weighted by molar-refractivity contribution is 0.0910. The van der Waals surface area contributed by atoms with Gasteiger partial charge >= 0.3 is 0 Å². The quantitative estimate of drug-likeness (QED) is 0.721. The number of rotatable bonds is 8. The lowest BCUT2D eigenvalue weighted by Crippen LogP contribution is -2.40.